The molecule has 20 heavy (non-hydrogen) atoms. The van der Waals surface area contributed by atoms with Crippen LogP contribution in [0.1, 0.15) is 16.7 Å². The molecule has 102 valence electrons. The van der Waals surface area contributed by atoms with Crippen LogP contribution < -0.4 is 9.47 Å². The van der Waals surface area contributed by atoms with E-state index in [0.717, 1.165) is 16.7 Å². The first kappa shape index (κ1) is 13.8. The fourth-order valence-corrected chi connectivity index (χ4v) is 1.86. The quantitative estimate of drug-likeness (QED) is 0.863. The van der Waals surface area contributed by atoms with Gasteiger partial charge in [-0.05, 0) is 43.2 Å². The number of phenolic OH excluding ortho intramolecular Hbond substituents is 1. The topological polar surface area (TPSA) is 62.5 Å². The highest BCUT2D eigenvalue weighted by Gasteiger charge is 2.07. The van der Waals surface area contributed by atoms with Gasteiger partial charge in [0.1, 0.15) is 23.9 Å². The zero-order chi connectivity index (χ0) is 14.5. The first-order chi connectivity index (χ1) is 9.61. The summed E-state index contributed by atoms with van der Waals surface area (Å²) in [7, 11) is 0. The van der Waals surface area contributed by atoms with Crippen molar-refractivity contribution in [1.29, 1.82) is 5.26 Å². The van der Waals surface area contributed by atoms with Crippen molar-refractivity contribution in [3.05, 3.63) is 53.1 Å². The molecule has 1 N–H and O–H groups in total. The summed E-state index contributed by atoms with van der Waals surface area (Å²) in [5.74, 6) is 1.44. The Hall–Kier alpha value is -2.67. The molecule has 0 aliphatic carbocycles. The standard InChI is InChI=1S/C16H15NO3/c1-11-8-16(12(2)7-14(11)18)19-9-13-5-3-4-6-15(13)20-10-17/h3-8,18H,9H2,1-2H3. The summed E-state index contributed by atoms with van der Waals surface area (Å²) >= 11 is 0. The van der Waals surface area contributed by atoms with E-state index in [1.807, 2.05) is 26.0 Å². The molecule has 0 spiro atoms. The number of nitriles is 1. The molecule has 0 saturated carbocycles. The Balaban J connectivity index is 2.17. The Kier molecular flexibility index (Phi) is 4.11. The van der Waals surface area contributed by atoms with Crippen molar-refractivity contribution in [3.8, 4) is 23.5 Å². The van der Waals surface area contributed by atoms with Crippen molar-refractivity contribution < 1.29 is 14.6 Å². The number of hydrogen-bond acceptors (Lipinski definition) is 4. The van der Waals surface area contributed by atoms with Gasteiger partial charge in [-0.3, -0.25) is 0 Å². The van der Waals surface area contributed by atoms with Gasteiger partial charge in [-0.15, -0.1) is 5.26 Å². The lowest BCUT2D eigenvalue weighted by Gasteiger charge is -2.12. The second-order valence-electron chi connectivity index (χ2n) is 4.49. The van der Waals surface area contributed by atoms with E-state index in [0.29, 0.717) is 18.1 Å². The third-order valence-corrected chi connectivity index (χ3v) is 3.00. The molecule has 0 bridgehead atoms. The van der Waals surface area contributed by atoms with Crippen LogP contribution in [0.5, 0.6) is 17.2 Å². The highest BCUT2D eigenvalue weighted by Crippen LogP contribution is 2.28. The number of benzene rings is 2. The molecule has 0 aliphatic heterocycles. The molecule has 0 unspecified atom stereocenters. The van der Waals surface area contributed by atoms with E-state index in [1.54, 1.807) is 30.5 Å². The van der Waals surface area contributed by atoms with Crippen LogP contribution in [0.4, 0.5) is 0 Å². The number of phenols is 1. The zero-order valence-corrected chi connectivity index (χ0v) is 11.4. The Morgan fingerprint density at radius 2 is 1.85 bits per heavy atom. The molecule has 2 aromatic carbocycles. The Labute approximate surface area is 117 Å². The van der Waals surface area contributed by atoms with Crippen LogP contribution in [0.15, 0.2) is 36.4 Å². The van der Waals surface area contributed by atoms with E-state index >= 15 is 0 Å². The molecule has 0 aliphatic rings. The van der Waals surface area contributed by atoms with Crippen LogP contribution in [0.2, 0.25) is 0 Å². The van der Waals surface area contributed by atoms with E-state index in [2.05, 4.69) is 0 Å². The van der Waals surface area contributed by atoms with Gasteiger partial charge in [-0.1, -0.05) is 18.2 Å². The fourth-order valence-electron chi connectivity index (χ4n) is 1.86. The zero-order valence-electron chi connectivity index (χ0n) is 11.4. The van der Waals surface area contributed by atoms with Gasteiger partial charge in [0, 0.05) is 5.56 Å². The van der Waals surface area contributed by atoms with Gasteiger partial charge in [-0.25, -0.2) is 0 Å². The molecule has 4 heteroatoms. The number of para-hydroxylation sites is 1. The summed E-state index contributed by atoms with van der Waals surface area (Å²) in [5.41, 5.74) is 2.40. The van der Waals surface area contributed by atoms with Crippen molar-refractivity contribution in [2.75, 3.05) is 0 Å². The highest BCUT2D eigenvalue weighted by atomic mass is 16.5. The number of aryl methyl sites for hydroxylation is 2. The van der Waals surface area contributed by atoms with Gasteiger partial charge in [-0.2, -0.15) is 0 Å². The summed E-state index contributed by atoms with van der Waals surface area (Å²) < 4.78 is 10.6. The number of nitrogens with zero attached hydrogens (tertiary/aromatic N) is 1. The average Bonchev–Trinajstić information content (AvgIpc) is 2.43. The van der Waals surface area contributed by atoms with Gasteiger partial charge in [0.15, 0.2) is 0 Å². The Morgan fingerprint density at radius 3 is 2.60 bits per heavy atom. The first-order valence-corrected chi connectivity index (χ1v) is 6.18. The molecule has 2 aromatic rings. The van der Waals surface area contributed by atoms with Gasteiger partial charge >= 0.3 is 0 Å². The van der Waals surface area contributed by atoms with Crippen molar-refractivity contribution in [1.82, 2.24) is 0 Å². The predicted molar refractivity (Wildman–Crippen MR) is 74.6 cm³/mol. The fraction of sp³-hybridized carbons (Fsp3) is 0.188. The second-order valence-corrected chi connectivity index (χ2v) is 4.49. The molecule has 0 aromatic heterocycles. The van der Waals surface area contributed by atoms with E-state index in [1.165, 1.54) is 0 Å². The number of hydrogen-bond donors (Lipinski definition) is 1. The normalized spacial score (nSPS) is 9.85. The third-order valence-electron chi connectivity index (χ3n) is 3.00. The Morgan fingerprint density at radius 1 is 1.10 bits per heavy atom. The van der Waals surface area contributed by atoms with Crippen LogP contribution in [0.3, 0.4) is 0 Å². The number of ether oxygens (including phenoxy) is 2. The maximum Gasteiger partial charge on any atom is 0.292 e. The van der Waals surface area contributed by atoms with Crippen LogP contribution >= 0.6 is 0 Å². The van der Waals surface area contributed by atoms with Crippen molar-refractivity contribution in [2.24, 2.45) is 0 Å². The Bertz CT molecular complexity index is 659. The van der Waals surface area contributed by atoms with E-state index in [-0.39, 0.29) is 5.75 Å². The minimum atomic E-state index is 0.253. The SMILES string of the molecule is Cc1cc(OCc2ccccc2OC#N)c(C)cc1O. The number of rotatable bonds is 4. The first-order valence-electron chi connectivity index (χ1n) is 6.18. The molecule has 4 nitrogen and oxygen atoms in total. The molecule has 0 atom stereocenters. The number of aromatic hydroxyl groups is 1. The molecule has 0 heterocycles. The molecule has 0 amide bonds. The predicted octanol–water partition coefficient (Wildman–Crippen LogP) is 3.45. The van der Waals surface area contributed by atoms with Gasteiger partial charge in [0.2, 0.25) is 0 Å². The molecular formula is C16H15NO3. The van der Waals surface area contributed by atoms with Gasteiger partial charge in [0.05, 0.1) is 0 Å². The summed E-state index contributed by atoms with van der Waals surface area (Å²) in [5, 5.41) is 18.2. The lowest BCUT2D eigenvalue weighted by Crippen LogP contribution is -1.99. The lowest BCUT2D eigenvalue weighted by molar-refractivity contribution is 0.298. The van der Waals surface area contributed by atoms with Crippen molar-refractivity contribution in [3.63, 3.8) is 0 Å². The monoisotopic (exact) mass is 269 g/mol. The molecule has 0 radical (unpaired) electrons. The van der Waals surface area contributed by atoms with Gasteiger partial charge in [0.25, 0.3) is 6.26 Å². The summed E-state index contributed by atoms with van der Waals surface area (Å²) in [4.78, 5) is 0. The van der Waals surface area contributed by atoms with Gasteiger partial charge < -0.3 is 14.6 Å². The minimum Gasteiger partial charge on any atom is -0.508 e. The lowest BCUT2D eigenvalue weighted by atomic mass is 10.1. The smallest absolute Gasteiger partial charge is 0.292 e. The van der Waals surface area contributed by atoms with E-state index < -0.39 is 0 Å². The maximum absolute atomic E-state index is 9.61. The van der Waals surface area contributed by atoms with E-state index in [9.17, 15) is 5.11 Å². The third kappa shape index (κ3) is 3.01. The van der Waals surface area contributed by atoms with Crippen LogP contribution in [-0.4, -0.2) is 5.11 Å². The largest absolute Gasteiger partial charge is 0.508 e. The van der Waals surface area contributed by atoms with Crippen LogP contribution in [0.25, 0.3) is 0 Å². The molecule has 2 rings (SSSR count). The van der Waals surface area contributed by atoms with Crippen LogP contribution in [0, 0.1) is 25.4 Å². The van der Waals surface area contributed by atoms with Crippen LogP contribution in [-0.2, 0) is 6.61 Å². The molecule has 0 saturated heterocycles. The molecule has 0 fully saturated rings. The average molecular weight is 269 g/mol. The molecular weight excluding hydrogens is 254 g/mol. The second kappa shape index (κ2) is 5.98. The van der Waals surface area contributed by atoms with Crippen molar-refractivity contribution in [2.45, 2.75) is 20.5 Å². The maximum atomic E-state index is 9.61. The minimum absolute atomic E-state index is 0.253. The summed E-state index contributed by atoms with van der Waals surface area (Å²) in [6.07, 6.45) is 1.66. The van der Waals surface area contributed by atoms with Crippen molar-refractivity contribution >= 4 is 0 Å². The summed E-state index contributed by atoms with van der Waals surface area (Å²) in [6.45, 7) is 3.98. The van der Waals surface area contributed by atoms with E-state index in [4.69, 9.17) is 14.7 Å². The highest BCUT2D eigenvalue weighted by molar-refractivity contribution is 5.44. The summed E-state index contributed by atoms with van der Waals surface area (Å²) in [6, 6.07) is 10.7.